The summed E-state index contributed by atoms with van der Waals surface area (Å²) in [6.45, 7) is 4.18. The molecular formula is C25H27N3O4. The van der Waals surface area contributed by atoms with E-state index in [1.807, 2.05) is 62.4 Å². The average molecular weight is 434 g/mol. The molecule has 1 aliphatic rings. The number of likely N-dealkylation sites (N-methyl/N-ethyl adjacent to an activating group) is 1. The van der Waals surface area contributed by atoms with Crippen LogP contribution in [0.4, 0.5) is 4.79 Å². The van der Waals surface area contributed by atoms with Gasteiger partial charge in [0, 0.05) is 24.2 Å². The van der Waals surface area contributed by atoms with Gasteiger partial charge in [0.25, 0.3) is 0 Å². The first-order valence-corrected chi connectivity index (χ1v) is 10.7. The predicted molar refractivity (Wildman–Crippen MR) is 121 cm³/mol. The van der Waals surface area contributed by atoms with Gasteiger partial charge in [0.15, 0.2) is 0 Å². The molecule has 2 amide bonds. The van der Waals surface area contributed by atoms with E-state index in [2.05, 4.69) is 5.32 Å². The molecule has 3 aromatic rings. The summed E-state index contributed by atoms with van der Waals surface area (Å²) in [6.07, 6.45) is 1.64. The molecule has 0 bridgehead atoms. The van der Waals surface area contributed by atoms with E-state index < -0.39 is 18.2 Å². The van der Waals surface area contributed by atoms with Gasteiger partial charge in [0.2, 0.25) is 11.8 Å². The summed E-state index contributed by atoms with van der Waals surface area (Å²) >= 11 is 0. The number of hydrogen-bond donors (Lipinski definition) is 1. The molecule has 1 aliphatic heterocycles. The van der Waals surface area contributed by atoms with Crippen LogP contribution in [-0.4, -0.2) is 40.5 Å². The van der Waals surface area contributed by atoms with Crippen LogP contribution in [-0.2, 0) is 20.9 Å². The SMILES string of the molecule is CC(C)C[C@H]1C(=O)N[C@@H](c2cn(C(=O)OCc3ccccc3)c3ccccc23)C(=O)N1C. The van der Waals surface area contributed by atoms with Gasteiger partial charge < -0.3 is 15.0 Å². The number of nitrogens with zero attached hydrogens (tertiary/aromatic N) is 2. The Labute approximate surface area is 187 Å². The summed E-state index contributed by atoms with van der Waals surface area (Å²) in [5.74, 6) is -0.107. The van der Waals surface area contributed by atoms with Gasteiger partial charge >= 0.3 is 6.09 Å². The third-order valence-corrected chi connectivity index (χ3v) is 5.80. The van der Waals surface area contributed by atoms with Crippen molar-refractivity contribution in [3.05, 3.63) is 71.9 Å². The predicted octanol–water partition coefficient (Wildman–Crippen LogP) is 3.87. The Morgan fingerprint density at radius 2 is 1.75 bits per heavy atom. The summed E-state index contributed by atoms with van der Waals surface area (Å²) in [7, 11) is 1.66. The highest BCUT2D eigenvalue weighted by molar-refractivity contribution is 6.01. The number of ether oxygens (including phenoxy) is 1. The van der Waals surface area contributed by atoms with Gasteiger partial charge in [-0.15, -0.1) is 0 Å². The van der Waals surface area contributed by atoms with Crippen molar-refractivity contribution < 1.29 is 19.1 Å². The molecule has 7 nitrogen and oxygen atoms in total. The summed E-state index contributed by atoms with van der Waals surface area (Å²) in [5.41, 5.74) is 2.07. The highest BCUT2D eigenvalue weighted by Gasteiger charge is 2.40. The summed E-state index contributed by atoms with van der Waals surface area (Å²) in [5, 5.41) is 3.60. The fourth-order valence-electron chi connectivity index (χ4n) is 4.13. The minimum absolute atomic E-state index is 0.139. The number of carbonyl (C=O) groups excluding carboxylic acids is 3. The minimum Gasteiger partial charge on any atom is -0.444 e. The normalized spacial score (nSPS) is 18.8. The number of nitrogens with one attached hydrogen (secondary N) is 1. The van der Waals surface area contributed by atoms with Crippen LogP contribution in [0.3, 0.4) is 0 Å². The van der Waals surface area contributed by atoms with E-state index in [0.717, 1.165) is 10.9 Å². The second-order valence-corrected chi connectivity index (χ2v) is 8.55. The molecule has 1 fully saturated rings. The number of aromatic nitrogens is 1. The van der Waals surface area contributed by atoms with Crippen molar-refractivity contribution in [1.29, 1.82) is 0 Å². The molecule has 1 aromatic heterocycles. The van der Waals surface area contributed by atoms with E-state index in [4.69, 9.17) is 4.74 Å². The molecule has 1 saturated heterocycles. The molecular weight excluding hydrogens is 406 g/mol. The highest BCUT2D eigenvalue weighted by Crippen LogP contribution is 2.31. The topological polar surface area (TPSA) is 80.6 Å². The summed E-state index contributed by atoms with van der Waals surface area (Å²) in [6, 6.07) is 15.4. The van der Waals surface area contributed by atoms with E-state index in [1.54, 1.807) is 19.3 Å². The largest absolute Gasteiger partial charge is 0.444 e. The number of amides is 2. The van der Waals surface area contributed by atoms with Crippen molar-refractivity contribution in [2.75, 3.05) is 7.05 Å². The summed E-state index contributed by atoms with van der Waals surface area (Å²) in [4.78, 5) is 40.4. The lowest BCUT2D eigenvalue weighted by atomic mass is 9.95. The number of fused-ring (bicyclic) bond motifs is 1. The van der Waals surface area contributed by atoms with E-state index in [1.165, 1.54) is 9.47 Å². The third-order valence-electron chi connectivity index (χ3n) is 5.80. The van der Waals surface area contributed by atoms with Crippen LogP contribution in [0.25, 0.3) is 10.9 Å². The molecule has 0 unspecified atom stereocenters. The van der Waals surface area contributed by atoms with Gasteiger partial charge in [0.05, 0.1) is 5.52 Å². The molecule has 4 rings (SSSR count). The smallest absolute Gasteiger partial charge is 0.418 e. The monoisotopic (exact) mass is 433 g/mol. The first kappa shape index (κ1) is 21.6. The lowest BCUT2D eigenvalue weighted by Gasteiger charge is -2.37. The van der Waals surface area contributed by atoms with Gasteiger partial charge in [0.1, 0.15) is 18.7 Å². The van der Waals surface area contributed by atoms with Crippen LogP contribution in [0.2, 0.25) is 0 Å². The lowest BCUT2D eigenvalue weighted by Crippen LogP contribution is -2.58. The third kappa shape index (κ3) is 4.10. The van der Waals surface area contributed by atoms with Gasteiger partial charge in [-0.1, -0.05) is 62.4 Å². The van der Waals surface area contributed by atoms with Crippen molar-refractivity contribution in [1.82, 2.24) is 14.8 Å². The Bertz CT molecular complexity index is 1150. The Morgan fingerprint density at radius 3 is 2.47 bits per heavy atom. The zero-order chi connectivity index (χ0) is 22.8. The molecule has 7 heteroatoms. The lowest BCUT2D eigenvalue weighted by molar-refractivity contribution is -0.148. The molecule has 2 aromatic carbocycles. The fourth-order valence-corrected chi connectivity index (χ4v) is 4.13. The fraction of sp³-hybridized carbons (Fsp3) is 0.320. The van der Waals surface area contributed by atoms with Crippen LogP contribution in [0.5, 0.6) is 0 Å². The molecule has 0 saturated carbocycles. The first-order chi connectivity index (χ1) is 15.4. The zero-order valence-corrected chi connectivity index (χ0v) is 18.4. The van der Waals surface area contributed by atoms with E-state index in [-0.39, 0.29) is 24.3 Å². The van der Waals surface area contributed by atoms with Crippen LogP contribution < -0.4 is 5.32 Å². The highest BCUT2D eigenvalue weighted by atomic mass is 16.5. The van der Waals surface area contributed by atoms with E-state index >= 15 is 0 Å². The minimum atomic E-state index is -0.857. The molecule has 1 N–H and O–H groups in total. The second-order valence-electron chi connectivity index (χ2n) is 8.55. The molecule has 0 radical (unpaired) electrons. The van der Waals surface area contributed by atoms with Crippen molar-refractivity contribution in [2.45, 2.75) is 39.0 Å². The van der Waals surface area contributed by atoms with Gasteiger partial charge in [-0.2, -0.15) is 0 Å². The Kier molecular flexibility index (Phi) is 5.99. The Morgan fingerprint density at radius 1 is 1.06 bits per heavy atom. The molecule has 0 spiro atoms. The average Bonchev–Trinajstić information content (AvgIpc) is 3.18. The second kappa shape index (κ2) is 8.86. The van der Waals surface area contributed by atoms with Gasteiger partial charge in [-0.25, -0.2) is 4.79 Å². The van der Waals surface area contributed by atoms with Crippen molar-refractivity contribution >= 4 is 28.8 Å². The number of piperazine rings is 1. The van der Waals surface area contributed by atoms with Crippen LogP contribution >= 0.6 is 0 Å². The first-order valence-electron chi connectivity index (χ1n) is 10.7. The quantitative estimate of drug-likeness (QED) is 0.662. The van der Waals surface area contributed by atoms with Crippen LogP contribution in [0.1, 0.15) is 37.4 Å². The zero-order valence-electron chi connectivity index (χ0n) is 18.4. The molecule has 2 heterocycles. The number of benzene rings is 2. The maximum atomic E-state index is 13.2. The van der Waals surface area contributed by atoms with Crippen LogP contribution in [0, 0.1) is 5.92 Å². The molecule has 2 atom stereocenters. The van der Waals surface area contributed by atoms with Gasteiger partial charge in [-0.3, -0.25) is 14.2 Å². The van der Waals surface area contributed by atoms with Crippen molar-refractivity contribution in [2.24, 2.45) is 5.92 Å². The number of para-hydroxylation sites is 1. The standard InChI is InChI=1S/C25H27N3O4/c1-16(2)13-21-23(29)26-22(24(30)27(21)3)19-14-28(20-12-8-7-11-18(19)20)25(31)32-15-17-9-5-4-6-10-17/h4-12,14,16,21-22H,13,15H2,1-3H3,(H,26,29)/t21-,22-/m0/s1. The number of rotatable bonds is 5. The van der Waals surface area contributed by atoms with E-state index in [0.29, 0.717) is 17.5 Å². The van der Waals surface area contributed by atoms with Crippen molar-refractivity contribution in [3.63, 3.8) is 0 Å². The number of carbonyl (C=O) groups is 3. The van der Waals surface area contributed by atoms with Crippen LogP contribution in [0.15, 0.2) is 60.8 Å². The maximum Gasteiger partial charge on any atom is 0.418 e. The molecule has 166 valence electrons. The number of hydrogen-bond acceptors (Lipinski definition) is 4. The van der Waals surface area contributed by atoms with E-state index in [9.17, 15) is 14.4 Å². The summed E-state index contributed by atoms with van der Waals surface area (Å²) < 4.78 is 6.89. The maximum absolute atomic E-state index is 13.2. The Balaban J connectivity index is 1.63. The van der Waals surface area contributed by atoms with Gasteiger partial charge in [-0.05, 0) is 24.0 Å². The molecule has 32 heavy (non-hydrogen) atoms. The van der Waals surface area contributed by atoms with Crippen molar-refractivity contribution in [3.8, 4) is 0 Å². The Hall–Kier alpha value is -3.61. The molecule has 0 aliphatic carbocycles.